The van der Waals surface area contributed by atoms with E-state index in [0.29, 0.717) is 18.1 Å². The predicted octanol–water partition coefficient (Wildman–Crippen LogP) is 3.79. The molecule has 2 aromatic heterocycles. The summed E-state index contributed by atoms with van der Waals surface area (Å²) in [5, 5.41) is 7.12. The van der Waals surface area contributed by atoms with Gasteiger partial charge in [0.15, 0.2) is 0 Å². The summed E-state index contributed by atoms with van der Waals surface area (Å²) in [5.41, 5.74) is 0.613. The molecule has 3 rings (SSSR count). The van der Waals surface area contributed by atoms with Crippen molar-refractivity contribution in [2.75, 3.05) is 17.7 Å². The van der Waals surface area contributed by atoms with E-state index in [4.69, 9.17) is 0 Å². The molecule has 3 aromatic rings. The van der Waals surface area contributed by atoms with Crippen LogP contribution in [0.5, 0.6) is 0 Å². The molecule has 0 fully saturated rings. The van der Waals surface area contributed by atoms with E-state index in [1.807, 2.05) is 19.1 Å². The Hall–Kier alpha value is -2.21. The van der Waals surface area contributed by atoms with Crippen molar-refractivity contribution < 1.29 is 4.39 Å². The zero-order valence-electron chi connectivity index (χ0n) is 11.8. The number of hydrogen-bond donors (Lipinski definition) is 2. The van der Waals surface area contributed by atoms with Gasteiger partial charge in [0.05, 0.1) is 5.39 Å². The first kappa shape index (κ1) is 13.8. The molecule has 0 bridgehead atoms. The first-order chi connectivity index (χ1) is 10.2. The van der Waals surface area contributed by atoms with Crippen LogP contribution in [0.2, 0.25) is 0 Å². The number of benzene rings is 1. The second-order valence-electron chi connectivity index (χ2n) is 4.67. The van der Waals surface area contributed by atoms with Gasteiger partial charge < -0.3 is 10.6 Å². The lowest BCUT2D eigenvalue weighted by atomic mass is 10.2. The lowest BCUT2D eigenvalue weighted by molar-refractivity contribution is 0.613. The van der Waals surface area contributed by atoms with Crippen LogP contribution in [0.3, 0.4) is 0 Å². The summed E-state index contributed by atoms with van der Waals surface area (Å²) in [4.78, 5) is 10.9. The minimum atomic E-state index is -0.217. The second-order valence-corrected chi connectivity index (χ2v) is 5.90. The van der Waals surface area contributed by atoms with E-state index in [1.165, 1.54) is 10.9 Å². The topological polar surface area (TPSA) is 49.8 Å². The number of aryl methyl sites for hydroxylation is 1. The number of rotatable bonds is 4. The van der Waals surface area contributed by atoms with Crippen LogP contribution in [0.25, 0.3) is 10.2 Å². The Morgan fingerprint density at radius 1 is 1.24 bits per heavy atom. The van der Waals surface area contributed by atoms with E-state index in [0.717, 1.165) is 16.0 Å². The van der Waals surface area contributed by atoms with Gasteiger partial charge in [-0.2, -0.15) is 4.98 Å². The molecule has 0 radical (unpaired) electrons. The average Bonchev–Trinajstić information content (AvgIpc) is 2.86. The van der Waals surface area contributed by atoms with E-state index >= 15 is 0 Å². The second kappa shape index (κ2) is 5.65. The fourth-order valence-corrected chi connectivity index (χ4v) is 2.99. The molecule has 4 nitrogen and oxygen atoms in total. The van der Waals surface area contributed by atoms with Crippen LogP contribution < -0.4 is 10.6 Å². The van der Waals surface area contributed by atoms with E-state index in [9.17, 15) is 4.39 Å². The third kappa shape index (κ3) is 2.80. The highest BCUT2D eigenvalue weighted by Gasteiger charge is 2.10. The molecule has 2 N–H and O–H groups in total. The van der Waals surface area contributed by atoms with E-state index < -0.39 is 0 Å². The van der Waals surface area contributed by atoms with Gasteiger partial charge in [0.25, 0.3) is 0 Å². The normalized spacial score (nSPS) is 10.8. The first-order valence-electron chi connectivity index (χ1n) is 6.60. The van der Waals surface area contributed by atoms with Gasteiger partial charge in [-0.05, 0) is 19.1 Å². The number of fused-ring (bicyclic) bond motifs is 1. The van der Waals surface area contributed by atoms with Crippen LogP contribution in [0.15, 0.2) is 30.3 Å². The summed E-state index contributed by atoms with van der Waals surface area (Å²) in [7, 11) is 1.78. The van der Waals surface area contributed by atoms with Crippen molar-refractivity contribution in [1.82, 2.24) is 9.97 Å². The number of nitrogens with one attached hydrogen (secondary N) is 2. The highest BCUT2D eigenvalue weighted by Crippen LogP contribution is 2.29. The summed E-state index contributed by atoms with van der Waals surface area (Å²) in [6.45, 7) is 2.42. The summed E-state index contributed by atoms with van der Waals surface area (Å²) < 4.78 is 13.7. The Morgan fingerprint density at radius 3 is 2.81 bits per heavy atom. The maximum atomic E-state index is 13.7. The molecule has 2 heterocycles. The fraction of sp³-hybridized carbons (Fsp3) is 0.200. The molecule has 0 amide bonds. The zero-order valence-corrected chi connectivity index (χ0v) is 12.6. The predicted molar refractivity (Wildman–Crippen MR) is 85.4 cm³/mol. The van der Waals surface area contributed by atoms with Gasteiger partial charge >= 0.3 is 0 Å². The van der Waals surface area contributed by atoms with Crippen LogP contribution in [-0.4, -0.2) is 17.0 Å². The standard InChI is InChI=1S/C15H15FN4S/c1-9-7-11-13(19-15(17-2)20-14(11)21-9)18-8-10-5-3-4-6-12(10)16/h3-7H,8H2,1-2H3,(H2,17,18,19,20). The van der Waals surface area contributed by atoms with Crippen molar-refractivity contribution in [2.45, 2.75) is 13.5 Å². The zero-order chi connectivity index (χ0) is 14.8. The Bertz CT molecular complexity index is 784. The minimum Gasteiger partial charge on any atom is -0.365 e. The molecule has 108 valence electrons. The molecular formula is C15H15FN4S. The molecule has 0 aliphatic carbocycles. The first-order valence-corrected chi connectivity index (χ1v) is 7.42. The summed E-state index contributed by atoms with van der Waals surface area (Å²) in [6, 6.07) is 8.77. The van der Waals surface area contributed by atoms with Crippen LogP contribution >= 0.6 is 11.3 Å². The number of anilines is 2. The van der Waals surface area contributed by atoms with E-state index in [-0.39, 0.29) is 5.82 Å². The summed E-state index contributed by atoms with van der Waals surface area (Å²) in [5.74, 6) is 1.06. The quantitative estimate of drug-likeness (QED) is 0.770. The Labute approximate surface area is 126 Å². The highest BCUT2D eigenvalue weighted by molar-refractivity contribution is 7.18. The third-order valence-corrected chi connectivity index (χ3v) is 4.09. The summed E-state index contributed by atoms with van der Waals surface area (Å²) in [6.07, 6.45) is 0. The number of thiophene rings is 1. The number of nitrogens with zero attached hydrogens (tertiary/aromatic N) is 2. The number of aromatic nitrogens is 2. The Morgan fingerprint density at radius 2 is 2.05 bits per heavy atom. The van der Waals surface area contributed by atoms with Gasteiger partial charge in [-0.25, -0.2) is 9.37 Å². The van der Waals surface area contributed by atoms with Crippen molar-refractivity contribution in [2.24, 2.45) is 0 Å². The average molecular weight is 302 g/mol. The van der Waals surface area contributed by atoms with Crippen LogP contribution in [0, 0.1) is 12.7 Å². The fourth-order valence-electron chi connectivity index (χ4n) is 2.11. The molecule has 0 saturated carbocycles. The Kier molecular flexibility index (Phi) is 3.70. The highest BCUT2D eigenvalue weighted by atomic mass is 32.1. The van der Waals surface area contributed by atoms with Gasteiger partial charge in [-0.1, -0.05) is 18.2 Å². The lowest BCUT2D eigenvalue weighted by Crippen LogP contribution is -2.06. The van der Waals surface area contributed by atoms with Crippen LogP contribution in [0.1, 0.15) is 10.4 Å². The van der Waals surface area contributed by atoms with E-state index in [1.54, 1.807) is 30.5 Å². The maximum absolute atomic E-state index is 13.7. The molecule has 0 spiro atoms. The maximum Gasteiger partial charge on any atom is 0.225 e. The third-order valence-electron chi connectivity index (χ3n) is 3.14. The van der Waals surface area contributed by atoms with Crippen molar-refractivity contribution in [3.63, 3.8) is 0 Å². The minimum absolute atomic E-state index is 0.217. The van der Waals surface area contributed by atoms with Crippen LogP contribution in [0.4, 0.5) is 16.2 Å². The van der Waals surface area contributed by atoms with Crippen molar-refractivity contribution >= 4 is 33.3 Å². The van der Waals surface area contributed by atoms with Crippen molar-refractivity contribution in [1.29, 1.82) is 0 Å². The smallest absolute Gasteiger partial charge is 0.225 e. The lowest BCUT2D eigenvalue weighted by Gasteiger charge is -2.09. The molecule has 0 unspecified atom stereocenters. The monoisotopic (exact) mass is 302 g/mol. The van der Waals surface area contributed by atoms with E-state index in [2.05, 4.69) is 20.6 Å². The summed E-state index contributed by atoms with van der Waals surface area (Å²) >= 11 is 1.62. The van der Waals surface area contributed by atoms with Crippen LogP contribution in [-0.2, 0) is 6.54 Å². The molecular weight excluding hydrogens is 287 g/mol. The molecule has 0 aliphatic heterocycles. The van der Waals surface area contributed by atoms with Gasteiger partial charge in [-0.3, -0.25) is 0 Å². The SMILES string of the molecule is CNc1nc(NCc2ccccc2F)c2cc(C)sc2n1. The van der Waals surface area contributed by atoms with Gasteiger partial charge in [0.1, 0.15) is 16.5 Å². The molecule has 21 heavy (non-hydrogen) atoms. The van der Waals surface area contributed by atoms with Gasteiger partial charge in [0, 0.05) is 24.0 Å². The molecule has 6 heteroatoms. The van der Waals surface area contributed by atoms with Gasteiger partial charge in [-0.15, -0.1) is 11.3 Å². The van der Waals surface area contributed by atoms with Gasteiger partial charge in [0.2, 0.25) is 5.95 Å². The largest absolute Gasteiger partial charge is 0.365 e. The van der Waals surface area contributed by atoms with Crippen molar-refractivity contribution in [3.8, 4) is 0 Å². The Balaban J connectivity index is 1.94. The molecule has 0 aliphatic rings. The number of halogens is 1. The molecule has 0 atom stereocenters. The molecule has 1 aromatic carbocycles. The van der Waals surface area contributed by atoms with Crippen molar-refractivity contribution in [3.05, 3.63) is 46.6 Å². The number of hydrogen-bond acceptors (Lipinski definition) is 5. The molecule has 0 saturated heterocycles.